The smallest absolute Gasteiger partial charge is 0.411 e. The van der Waals surface area contributed by atoms with Gasteiger partial charge in [0.1, 0.15) is 25.1 Å². The lowest BCUT2D eigenvalue weighted by molar-refractivity contribution is -0.190. The van der Waals surface area contributed by atoms with Crippen molar-refractivity contribution in [2.45, 2.75) is 12.3 Å². The van der Waals surface area contributed by atoms with E-state index in [1.165, 1.54) is 6.07 Å². The molecule has 98 valence electrons. The van der Waals surface area contributed by atoms with Crippen LogP contribution in [0.15, 0.2) is 18.2 Å². The van der Waals surface area contributed by atoms with Crippen molar-refractivity contribution in [3.8, 4) is 0 Å². The summed E-state index contributed by atoms with van der Waals surface area (Å²) in [6.07, 6.45) is -5.50. The molecule has 0 fully saturated rings. The van der Waals surface area contributed by atoms with Crippen LogP contribution in [-0.2, 0) is 9.47 Å². The summed E-state index contributed by atoms with van der Waals surface area (Å²) in [5.74, 6) is -1.43. The van der Waals surface area contributed by atoms with Crippen LogP contribution in [0.2, 0.25) is 0 Å². The maximum atomic E-state index is 12.9. The maximum Gasteiger partial charge on any atom is 0.411 e. The third-order valence-electron chi connectivity index (χ3n) is 2.40. The summed E-state index contributed by atoms with van der Waals surface area (Å²) in [6, 6.07) is 3.20. The van der Waals surface area contributed by atoms with Crippen LogP contribution in [0, 0.1) is 5.82 Å². The molecule has 0 bridgehead atoms. The Bertz CT molecular complexity index is 470. The van der Waals surface area contributed by atoms with Gasteiger partial charge in [-0.3, -0.25) is 0 Å². The molecular formula is C11H8F4O3. The summed E-state index contributed by atoms with van der Waals surface area (Å²) in [4.78, 5) is 11.3. The van der Waals surface area contributed by atoms with Crippen molar-refractivity contribution in [3.63, 3.8) is 0 Å². The number of carbonyl (C=O) groups excluding carboxylic acids is 1. The number of hydrogen-bond acceptors (Lipinski definition) is 3. The third kappa shape index (κ3) is 2.79. The third-order valence-corrected chi connectivity index (χ3v) is 2.40. The molecule has 1 aromatic rings. The van der Waals surface area contributed by atoms with E-state index in [4.69, 9.17) is 0 Å². The van der Waals surface area contributed by atoms with E-state index in [2.05, 4.69) is 9.47 Å². The van der Waals surface area contributed by atoms with Crippen molar-refractivity contribution in [1.29, 1.82) is 0 Å². The molecule has 0 saturated heterocycles. The Hall–Kier alpha value is -1.63. The summed E-state index contributed by atoms with van der Waals surface area (Å²) in [7, 11) is 0. The van der Waals surface area contributed by atoms with Crippen LogP contribution < -0.4 is 0 Å². The highest BCUT2D eigenvalue weighted by atomic mass is 19.4. The van der Waals surface area contributed by atoms with Crippen LogP contribution in [0.1, 0.15) is 22.0 Å². The van der Waals surface area contributed by atoms with Gasteiger partial charge in [-0.25, -0.2) is 9.18 Å². The molecule has 3 nitrogen and oxygen atoms in total. The van der Waals surface area contributed by atoms with Gasteiger partial charge < -0.3 is 9.47 Å². The van der Waals surface area contributed by atoms with E-state index in [-0.39, 0.29) is 17.7 Å². The zero-order valence-corrected chi connectivity index (χ0v) is 8.96. The number of ether oxygens (including phenoxy) is 2. The highest BCUT2D eigenvalue weighted by Gasteiger charge is 2.33. The molecule has 0 amide bonds. The quantitative estimate of drug-likeness (QED) is 0.608. The van der Waals surface area contributed by atoms with E-state index in [0.717, 1.165) is 12.1 Å². The van der Waals surface area contributed by atoms with Gasteiger partial charge in [-0.05, 0) is 17.7 Å². The first-order valence-electron chi connectivity index (χ1n) is 5.02. The maximum absolute atomic E-state index is 12.9. The van der Waals surface area contributed by atoms with Crippen molar-refractivity contribution in [3.05, 3.63) is 35.1 Å². The summed E-state index contributed by atoms with van der Waals surface area (Å²) in [5, 5.41) is 0. The molecule has 1 unspecified atom stereocenters. The second-order valence-corrected chi connectivity index (χ2v) is 3.74. The molecule has 1 aliphatic rings. The van der Waals surface area contributed by atoms with Crippen LogP contribution in [0.5, 0.6) is 0 Å². The Labute approximate surface area is 99.3 Å². The predicted molar refractivity (Wildman–Crippen MR) is 51.4 cm³/mol. The molecule has 2 rings (SSSR count). The van der Waals surface area contributed by atoms with Gasteiger partial charge in [0, 0.05) is 0 Å². The number of carbonyl (C=O) groups is 1. The van der Waals surface area contributed by atoms with E-state index in [9.17, 15) is 22.4 Å². The summed E-state index contributed by atoms with van der Waals surface area (Å²) < 4.78 is 58.3. The number of fused-ring (bicyclic) bond motifs is 1. The van der Waals surface area contributed by atoms with E-state index in [1.54, 1.807) is 0 Å². The number of benzene rings is 1. The molecule has 18 heavy (non-hydrogen) atoms. The highest BCUT2D eigenvalue weighted by Crippen LogP contribution is 2.29. The highest BCUT2D eigenvalue weighted by molar-refractivity contribution is 5.92. The average Bonchev–Trinajstić information content (AvgIpc) is 2.27. The van der Waals surface area contributed by atoms with Gasteiger partial charge in [0.2, 0.25) is 0 Å². The molecule has 0 aliphatic carbocycles. The van der Waals surface area contributed by atoms with Crippen LogP contribution in [0.25, 0.3) is 0 Å². The second-order valence-electron chi connectivity index (χ2n) is 3.74. The number of rotatable bonds is 2. The molecular weight excluding hydrogens is 256 g/mol. The van der Waals surface area contributed by atoms with Gasteiger partial charge in [-0.2, -0.15) is 13.2 Å². The summed E-state index contributed by atoms with van der Waals surface area (Å²) in [5.41, 5.74) is 0.102. The Morgan fingerprint density at radius 2 is 2.11 bits per heavy atom. The Balaban J connectivity index is 2.21. The molecule has 1 heterocycles. The minimum absolute atomic E-state index is 0.103. The van der Waals surface area contributed by atoms with E-state index >= 15 is 0 Å². The molecule has 0 radical (unpaired) electrons. The van der Waals surface area contributed by atoms with Crippen LogP contribution in [0.4, 0.5) is 17.6 Å². The molecule has 1 atom stereocenters. The van der Waals surface area contributed by atoms with Crippen molar-refractivity contribution in [1.82, 2.24) is 0 Å². The van der Waals surface area contributed by atoms with Crippen molar-refractivity contribution >= 4 is 5.97 Å². The minimum atomic E-state index is -4.47. The lowest BCUT2D eigenvalue weighted by Gasteiger charge is -2.25. The van der Waals surface area contributed by atoms with Crippen molar-refractivity contribution < 1.29 is 31.8 Å². The number of halogens is 4. The normalized spacial score (nSPS) is 19.3. The van der Waals surface area contributed by atoms with Gasteiger partial charge in [-0.1, -0.05) is 6.07 Å². The van der Waals surface area contributed by atoms with Gasteiger partial charge in [0.05, 0.1) is 5.56 Å². The zero-order valence-electron chi connectivity index (χ0n) is 8.96. The molecule has 7 heteroatoms. The van der Waals surface area contributed by atoms with Crippen molar-refractivity contribution in [2.75, 3.05) is 13.2 Å². The fraction of sp³-hybridized carbons (Fsp3) is 0.364. The predicted octanol–water partition coefficient (Wildman–Crippen LogP) is 2.62. The van der Waals surface area contributed by atoms with Crippen LogP contribution >= 0.6 is 0 Å². The number of alkyl halides is 3. The average molecular weight is 264 g/mol. The first kappa shape index (κ1) is 12.8. The molecule has 0 saturated carbocycles. The topological polar surface area (TPSA) is 35.5 Å². The Morgan fingerprint density at radius 3 is 2.78 bits per heavy atom. The first-order chi connectivity index (χ1) is 8.37. The number of esters is 1. The van der Waals surface area contributed by atoms with E-state index in [1.807, 2.05) is 0 Å². The lowest BCUT2D eigenvalue weighted by Crippen LogP contribution is -2.28. The fourth-order valence-corrected chi connectivity index (χ4v) is 1.64. The van der Waals surface area contributed by atoms with E-state index < -0.39 is 30.7 Å². The zero-order chi connectivity index (χ0) is 13.3. The summed E-state index contributed by atoms with van der Waals surface area (Å²) >= 11 is 0. The van der Waals surface area contributed by atoms with Gasteiger partial charge in [0.15, 0.2) is 0 Å². The minimum Gasteiger partial charge on any atom is -0.459 e. The molecule has 1 aliphatic heterocycles. The van der Waals surface area contributed by atoms with Crippen LogP contribution in [-0.4, -0.2) is 25.4 Å². The van der Waals surface area contributed by atoms with Gasteiger partial charge in [-0.15, -0.1) is 0 Å². The second kappa shape index (κ2) is 4.56. The first-order valence-corrected chi connectivity index (χ1v) is 5.02. The summed E-state index contributed by atoms with van der Waals surface area (Å²) in [6.45, 7) is -1.76. The van der Waals surface area contributed by atoms with Gasteiger partial charge >= 0.3 is 12.1 Å². The largest absolute Gasteiger partial charge is 0.459 e. The lowest BCUT2D eigenvalue weighted by atomic mass is 10.0. The SMILES string of the molecule is O=C1OCC(OCC(F)(F)F)c2ccc(F)cc21. The van der Waals surface area contributed by atoms with E-state index in [0.29, 0.717) is 0 Å². The van der Waals surface area contributed by atoms with Crippen LogP contribution in [0.3, 0.4) is 0 Å². The molecule has 0 N–H and O–H groups in total. The van der Waals surface area contributed by atoms with Crippen molar-refractivity contribution in [2.24, 2.45) is 0 Å². The Kier molecular flexibility index (Phi) is 3.25. The molecule has 0 aromatic heterocycles. The molecule has 1 aromatic carbocycles. The monoisotopic (exact) mass is 264 g/mol. The molecule has 0 spiro atoms. The fourth-order valence-electron chi connectivity index (χ4n) is 1.64. The number of cyclic esters (lactones) is 1. The Morgan fingerprint density at radius 1 is 1.39 bits per heavy atom. The number of hydrogen-bond donors (Lipinski definition) is 0. The van der Waals surface area contributed by atoms with Gasteiger partial charge in [0.25, 0.3) is 0 Å². The standard InChI is InChI=1S/C11H8F4O3/c12-6-1-2-7-8(3-6)10(16)17-4-9(7)18-5-11(13,14)15/h1-3,9H,4-5H2.